The van der Waals surface area contributed by atoms with Crippen LogP contribution in [0.5, 0.6) is 0 Å². The van der Waals surface area contributed by atoms with E-state index in [4.69, 9.17) is 16.7 Å². The minimum absolute atomic E-state index is 0.0893. The maximum Gasteiger partial charge on any atom is 0.393 e. The van der Waals surface area contributed by atoms with Crippen molar-refractivity contribution in [1.82, 2.24) is 24.6 Å². The molecular weight excluding hydrogens is 577 g/mol. The summed E-state index contributed by atoms with van der Waals surface area (Å²) in [6.07, 6.45) is 10.7. The first-order valence-corrected chi connectivity index (χ1v) is 14.8. The molecule has 0 radical (unpaired) electrons. The Hall–Kier alpha value is -3.25. The van der Waals surface area contributed by atoms with Crippen LogP contribution in [0.3, 0.4) is 0 Å². The van der Waals surface area contributed by atoms with Crippen LogP contribution in [-0.4, -0.2) is 48.4 Å². The van der Waals surface area contributed by atoms with Gasteiger partial charge < -0.3 is 10.5 Å². The normalized spacial score (nSPS) is 11.4. The topological polar surface area (TPSA) is 106 Å². The Bertz CT molecular complexity index is 1410. The number of hydrogen-bond acceptors (Lipinski definition) is 7. The third-order valence-corrected chi connectivity index (χ3v) is 7.43. The van der Waals surface area contributed by atoms with E-state index < -0.39 is 18.6 Å². The molecule has 4 heterocycles. The molecule has 8 nitrogen and oxygen atoms in total. The number of aryl methyl sites for hydroxylation is 1. The van der Waals surface area contributed by atoms with E-state index in [9.17, 15) is 18.0 Å². The predicted octanol–water partition coefficient (Wildman–Crippen LogP) is 8.09. The van der Waals surface area contributed by atoms with Gasteiger partial charge in [0.2, 0.25) is 0 Å². The smallest absolute Gasteiger partial charge is 0.393 e. The van der Waals surface area contributed by atoms with Crippen molar-refractivity contribution in [3.05, 3.63) is 58.2 Å². The average molecular weight is 611 g/mol. The average Bonchev–Trinajstić information content (AvgIpc) is 3.50. The summed E-state index contributed by atoms with van der Waals surface area (Å²) in [5.41, 5.74) is 4.73. The van der Waals surface area contributed by atoms with Gasteiger partial charge in [-0.2, -0.15) is 13.2 Å². The Labute approximate surface area is 246 Å². The van der Waals surface area contributed by atoms with Gasteiger partial charge in [-0.1, -0.05) is 63.5 Å². The highest BCUT2D eigenvalue weighted by Crippen LogP contribution is 2.27. The lowest BCUT2D eigenvalue weighted by Gasteiger charge is -2.09. The van der Waals surface area contributed by atoms with Gasteiger partial charge in [0.1, 0.15) is 5.15 Å². The van der Waals surface area contributed by atoms with Gasteiger partial charge >= 0.3 is 12.1 Å². The Morgan fingerprint density at radius 3 is 2.41 bits per heavy atom. The summed E-state index contributed by atoms with van der Waals surface area (Å²) in [5, 5.41) is 12.0. The van der Waals surface area contributed by atoms with Gasteiger partial charge in [0, 0.05) is 42.1 Å². The number of aromatic carboxylic acids is 1. The molecule has 4 aromatic heterocycles. The monoisotopic (exact) mass is 610 g/mol. The number of carboxylic acid groups (broad SMARTS) is 1. The van der Waals surface area contributed by atoms with Crippen molar-refractivity contribution in [3.8, 4) is 10.8 Å². The van der Waals surface area contributed by atoms with E-state index in [2.05, 4.69) is 32.3 Å². The van der Waals surface area contributed by atoms with E-state index in [1.807, 2.05) is 0 Å². The molecule has 4 rings (SSSR count). The zero-order valence-electron chi connectivity index (χ0n) is 23.0. The molecule has 0 saturated carbocycles. The molecular formula is C28H34ClF3N6O2S. The minimum atomic E-state index is -4.22. The van der Waals surface area contributed by atoms with E-state index in [-0.39, 0.29) is 11.1 Å². The number of fused-ring (bicyclic) bond motifs is 1. The fourth-order valence-corrected chi connectivity index (χ4v) is 5.11. The highest BCUT2D eigenvalue weighted by atomic mass is 35.5. The van der Waals surface area contributed by atoms with Gasteiger partial charge in [-0.3, -0.25) is 9.66 Å². The van der Waals surface area contributed by atoms with E-state index >= 15 is 0 Å². The molecule has 0 unspecified atom stereocenters. The zero-order chi connectivity index (χ0) is 29.8. The summed E-state index contributed by atoms with van der Waals surface area (Å²) in [5.74, 6) is -0.652. The fourth-order valence-electron chi connectivity index (χ4n) is 4.22. The van der Waals surface area contributed by atoms with E-state index in [1.165, 1.54) is 62.3 Å². The molecule has 0 spiro atoms. The second-order valence-corrected chi connectivity index (χ2v) is 10.8. The first kappa shape index (κ1) is 32.3. The van der Waals surface area contributed by atoms with Gasteiger partial charge in [-0.05, 0) is 25.0 Å². The second-order valence-electron chi connectivity index (χ2n) is 9.57. The van der Waals surface area contributed by atoms with Crippen LogP contribution in [0, 0.1) is 6.92 Å². The van der Waals surface area contributed by atoms with E-state index in [0.717, 1.165) is 24.9 Å². The van der Waals surface area contributed by atoms with Crippen molar-refractivity contribution in [2.45, 2.75) is 77.8 Å². The van der Waals surface area contributed by atoms with Crippen molar-refractivity contribution in [3.63, 3.8) is 0 Å². The van der Waals surface area contributed by atoms with Gasteiger partial charge in [-0.15, -0.1) is 11.3 Å². The number of halogens is 4. The molecule has 13 heteroatoms. The second kappa shape index (κ2) is 15.7. The quantitative estimate of drug-likeness (QED) is 0.147. The molecule has 0 aromatic carbocycles. The van der Waals surface area contributed by atoms with Crippen LogP contribution in [0.4, 0.5) is 13.2 Å². The molecule has 0 fully saturated rings. The van der Waals surface area contributed by atoms with Crippen LogP contribution in [0.1, 0.15) is 79.9 Å². The predicted molar refractivity (Wildman–Crippen MR) is 156 cm³/mol. The molecule has 0 saturated heterocycles. The largest absolute Gasteiger partial charge is 0.478 e. The molecule has 0 aliphatic heterocycles. The third-order valence-electron chi connectivity index (χ3n) is 6.27. The number of carboxylic acids is 1. The molecule has 2 N–H and O–H groups in total. The first-order chi connectivity index (χ1) is 19.6. The van der Waals surface area contributed by atoms with Gasteiger partial charge in [0.05, 0.1) is 23.2 Å². The standard InChI is InChI=1S/C19H28F3N3.C9H6ClN3O2S/c1-2-3-4-5-6-7-8-9-11-24-25-15-16(13-19(20,21)22)17-14-23-12-10-18(17)25;1-4-5(9(14)15)2-11-7(12-4)8-13-6(10)3-16-8/h10,12,14-15,24H,2-9,11,13H2,1H3;2-3H,1H3,(H,14,15). The van der Waals surface area contributed by atoms with Crippen molar-refractivity contribution in [2.75, 3.05) is 12.0 Å². The molecule has 4 aromatic rings. The van der Waals surface area contributed by atoms with Crippen LogP contribution in [0.15, 0.2) is 36.2 Å². The number of carbonyl (C=O) groups is 1. The van der Waals surface area contributed by atoms with Crippen LogP contribution < -0.4 is 5.43 Å². The lowest BCUT2D eigenvalue weighted by atomic mass is 10.1. The van der Waals surface area contributed by atoms with Crippen LogP contribution >= 0.6 is 22.9 Å². The lowest BCUT2D eigenvalue weighted by molar-refractivity contribution is -0.127. The van der Waals surface area contributed by atoms with Crippen molar-refractivity contribution in [2.24, 2.45) is 0 Å². The van der Waals surface area contributed by atoms with Gasteiger partial charge in [0.25, 0.3) is 0 Å². The molecule has 0 bridgehead atoms. The summed E-state index contributed by atoms with van der Waals surface area (Å²) >= 11 is 6.99. The van der Waals surface area contributed by atoms with Crippen molar-refractivity contribution in [1.29, 1.82) is 0 Å². The van der Waals surface area contributed by atoms with Crippen molar-refractivity contribution < 1.29 is 23.1 Å². The van der Waals surface area contributed by atoms with Gasteiger partial charge in [0.15, 0.2) is 10.8 Å². The maximum absolute atomic E-state index is 12.7. The SMILES string of the molecule is CCCCCCCCCCNn1cc(CC(F)(F)F)c2cnccc21.Cc1nc(-c2nc(Cl)cs2)ncc1C(=O)O. The number of hydrogen-bond donors (Lipinski definition) is 2. The van der Waals surface area contributed by atoms with E-state index in [1.54, 1.807) is 35.4 Å². The third kappa shape index (κ3) is 10.3. The van der Waals surface area contributed by atoms with Crippen LogP contribution in [-0.2, 0) is 6.42 Å². The highest BCUT2D eigenvalue weighted by molar-refractivity contribution is 7.13. The summed E-state index contributed by atoms with van der Waals surface area (Å²) in [6.45, 7) is 4.59. The number of alkyl halides is 3. The number of thiazole rings is 1. The summed E-state index contributed by atoms with van der Waals surface area (Å²) in [7, 11) is 0. The summed E-state index contributed by atoms with van der Waals surface area (Å²) in [4.78, 5) is 26.7. The number of unbranched alkanes of at least 4 members (excludes halogenated alkanes) is 7. The Balaban J connectivity index is 0.000000248. The first-order valence-electron chi connectivity index (χ1n) is 13.5. The zero-order valence-corrected chi connectivity index (χ0v) is 24.6. The minimum Gasteiger partial charge on any atom is -0.478 e. The number of nitrogens with one attached hydrogen (secondary N) is 1. The van der Waals surface area contributed by atoms with Gasteiger partial charge in [-0.25, -0.2) is 19.7 Å². The van der Waals surface area contributed by atoms with Crippen LogP contribution in [0.2, 0.25) is 5.15 Å². The molecule has 0 amide bonds. The maximum atomic E-state index is 12.7. The Morgan fingerprint density at radius 1 is 1.10 bits per heavy atom. The molecule has 41 heavy (non-hydrogen) atoms. The number of nitrogens with zero attached hydrogens (tertiary/aromatic N) is 5. The Kier molecular flexibility index (Phi) is 12.3. The summed E-state index contributed by atoms with van der Waals surface area (Å²) < 4.78 is 39.9. The number of aromatic nitrogens is 5. The fraction of sp³-hybridized carbons (Fsp3) is 0.464. The number of pyridine rings is 1. The Morgan fingerprint density at radius 2 is 1.80 bits per heavy atom. The van der Waals surface area contributed by atoms with Crippen LogP contribution in [0.25, 0.3) is 21.7 Å². The molecule has 0 atom stereocenters. The number of rotatable bonds is 13. The lowest BCUT2D eigenvalue weighted by Crippen LogP contribution is -2.15. The molecule has 0 aliphatic carbocycles. The summed E-state index contributed by atoms with van der Waals surface area (Å²) in [6, 6.07) is 1.75. The van der Waals surface area contributed by atoms with Crippen molar-refractivity contribution >= 4 is 39.8 Å². The highest BCUT2D eigenvalue weighted by Gasteiger charge is 2.29. The molecule has 222 valence electrons. The molecule has 0 aliphatic rings. The van der Waals surface area contributed by atoms with E-state index in [0.29, 0.717) is 27.1 Å².